The number of hydrogen-bond donors (Lipinski definition) is 3. The second-order valence-electron chi connectivity index (χ2n) is 4.22. The SMILES string of the molecule is Cc1cc(NC(=O)c2cccc(F)c2NN)ccc1F. The molecule has 2 aromatic carbocycles. The molecule has 0 aromatic heterocycles. The molecule has 0 unspecified atom stereocenters. The summed E-state index contributed by atoms with van der Waals surface area (Å²) in [5.74, 6) is 3.68. The average molecular weight is 277 g/mol. The van der Waals surface area contributed by atoms with Crippen LogP contribution in [0.5, 0.6) is 0 Å². The highest BCUT2D eigenvalue weighted by Gasteiger charge is 2.14. The van der Waals surface area contributed by atoms with E-state index in [1.54, 1.807) is 6.92 Å². The van der Waals surface area contributed by atoms with Crippen LogP contribution in [0, 0.1) is 18.6 Å². The van der Waals surface area contributed by atoms with Crippen LogP contribution in [0.1, 0.15) is 15.9 Å². The van der Waals surface area contributed by atoms with E-state index < -0.39 is 11.7 Å². The van der Waals surface area contributed by atoms with Gasteiger partial charge in [-0.3, -0.25) is 10.6 Å². The monoisotopic (exact) mass is 277 g/mol. The fourth-order valence-electron chi connectivity index (χ4n) is 1.78. The van der Waals surface area contributed by atoms with Crippen LogP contribution in [0.25, 0.3) is 0 Å². The minimum Gasteiger partial charge on any atom is -0.322 e. The summed E-state index contributed by atoms with van der Waals surface area (Å²) in [4.78, 5) is 12.1. The van der Waals surface area contributed by atoms with Gasteiger partial charge in [-0.1, -0.05) is 6.07 Å². The quantitative estimate of drug-likeness (QED) is 0.597. The van der Waals surface area contributed by atoms with Crippen LogP contribution in [0.15, 0.2) is 36.4 Å². The number of halogens is 2. The van der Waals surface area contributed by atoms with Crippen LogP contribution < -0.4 is 16.6 Å². The number of nitrogens with two attached hydrogens (primary N) is 1. The van der Waals surface area contributed by atoms with Gasteiger partial charge in [0.1, 0.15) is 11.6 Å². The highest BCUT2D eigenvalue weighted by molar-refractivity contribution is 6.08. The number of amides is 1. The fraction of sp³-hybridized carbons (Fsp3) is 0.0714. The molecule has 0 aliphatic carbocycles. The van der Waals surface area contributed by atoms with Crippen LogP contribution in [0.4, 0.5) is 20.2 Å². The van der Waals surface area contributed by atoms with Crippen molar-refractivity contribution in [2.75, 3.05) is 10.7 Å². The molecule has 1 amide bonds. The maximum atomic E-state index is 13.5. The van der Waals surface area contributed by atoms with Crippen LogP contribution in [-0.4, -0.2) is 5.91 Å². The van der Waals surface area contributed by atoms with Gasteiger partial charge < -0.3 is 10.7 Å². The lowest BCUT2D eigenvalue weighted by atomic mass is 10.1. The second-order valence-corrected chi connectivity index (χ2v) is 4.22. The number of carbonyl (C=O) groups is 1. The minimum absolute atomic E-state index is 0.0643. The molecule has 104 valence electrons. The zero-order chi connectivity index (χ0) is 14.7. The molecular weight excluding hydrogens is 264 g/mol. The standard InChI is InChI=1S/C14H13F2N3O/c1-8-7-9(5-6-11(8)15)18-14(20)10-3-2-4-12(16)13(10)19-17/h2-7,19H,17H2,1H3,(H,18,20). The topological polar surface area (TPSA) is 67.2 Å². The Bertz CT molecular complexity index is 659. The predicted octanol–water partition coefficient (Wildman–Crippen LogP) is 2.81. The number of nitrogens with one attached hydrogen (secondary N) is 2. The summed E-state index contributed by atoms with van der Waals surface area (Å²) < 4.78 is 26.6. The minimum atomic E-state index is -0.629. The van der Waals surface area contributed by atoms with E-state index in [2.05, 4.69) is 10.7 Å². The highest BCUT2D eigenvalue weighted by Crippen LogP contribution is 2.21. The van der Waals surface area contributed by atoms with Gasteiger partial charge in [0.25, 0.3) is 5.91 Å². The van der Waals surface area contributed by atoms with E-state index in [0.717, 1.165) is 0 Å². The summed E-state index contributed by atoms with van der Waals surface area (Å²) in [7, 11) is 0. The summed E-state index contributed by atoms with van der Waals surface area (Å²) in [6, 6.07) is 8.19. The van der Waals surface area contributed by atoms with Gasteiger partial charge in [-0.2, -0.15) is 0 Å². The Kier molecular flexibility index (Phi) is 3.95. The van der Waals surface area contributed by atoms with Crippen molar-refractivity contribution in [1.29, 1.82) is 0 Å². The summed E-state index contributed by atoms with van der Waals surface area (Å²) in [5.41, 5.74) is 2.95. The van der Waals surface area contributed by atoms with E-state index in [1.807, 2.05) is 0 Å². The molecule has 0 heterocycles. The third kappa shape index (κ3) is 2.75. The number of carbonyl (C=O) groups excluding carboxylic acids is 1. The Morgan fingerprint density at radius 2 is 1.90 bits per heavy atom. The van der Waals surface area contributed by atoms with E-state index in [0.29, 0.717) is 11.3 Å². The largest absolute Gasteiger partial charge is 0.322 e. The first-order valence-electron chi connectivity index (χ1n) is 5.85. The molecule has 0 fully saturated rings. The third-order valence-corrected chi connectivity index (χ3v) is 2.82. The first-order chi connectivity index (χ1) is 9.52. The highest BCUT2D eigenvalue weighted by atomic mass is 19.1. The van der Waals surface area contributed by atoms with Crippen LogP contribution in [0.3, 0.4) is 0 Å². The van der Waals surface area contributed by atoms with Crippen molar-refractivity contribution < 1.29 is 13.6 Å². The number of aryl methyl sites for hydroxylation is 1. The van der Waals surface area contributed by atoms with Crippen molar-refractivity contribution in [1.82, 2.24) is 0 Å². The molecule has 0 spiro atoms. The molecule has 2 rings (SSSR count). The van der Waals surface area contributed by atoms with Crippen molar-refractivity contribution in [3.63, 3.8) is 0 Å². The number of nitrogen functional groups attached to an aromatic ring is 1. The molecule has 0 radical (unpaired) electrons. The second kappa shape index (κ2) is 5.66. The Morgan fingerprint density at radius 1 is 1.15 bits per heavy atom. The molecule has 0 saturated carbocycles. The van der Waals surface area contributed by atoms with Gasteiger partial charge in [0.2, 0.25) is 0 Å². The van der Waals surface area contributed by atoms with Gasteiger partial charge in [-0.05, 0) is 42.8 Å². The van der Waals surface area contributed by atoms with Crippen molar-refractivity contribution in [3.05, 3.63) is 59.2 Å². The third-order valence-electron chi connectivity index (χ3n) is 2.82. The maximum Gasteiger partial charge on any atom is 0.257 e. The van der Waals surface area contributed by atoms with Gasteiger partial charge in [0.05, 0.1) is 11.3 Å². The molecule has 0 bridgehead atoms. The smallest absolute Gasteiger partial charge is 0.257 e. The molecule has 0 aliphatic rings. The number of hydrazine groups is 1. The van der Waals surface area contributed by atoms with Gasteiger partial charge in [-0.15, -0.1) is 0 Å². The number of benzene rings is 2. The molecule has 2 aromatic rings. The van der Waals surface area contributed by atoms with E-state index in [-0.39, 0.29) is 17.1 Å². The number of para-hydroxylation sites is 1. The van der Waals surface area contributed by atoms with Gasteiger partial charge in [-0.25, -0.2) is 8.78 Å². The van der Waals surface area contributed by atoms with E-state index in [1.165, 1.54) is 36.4 Å². The molecule has 0 aliphatic heterocycles. The normalized spacial score (nSPS) is 10.2. The van der Waals surface area contributed by atoms with Gasteiger partial charge in [0.15, 0.2) is 0 Å². The molecule has 0 atom stereocenters. The molecule has 6 heteroatoms. The Hall–Kier alpha value is -2.47. The van der Waals surface area contributed by atoms with Crippen molar-refractivity contribution >= 4 is 17.3 Å². The van der Waals surface area contributed by atoms with Crippen molar-refractivity contribution in [3.8, 4) is 0 Å². The Balaban J connectivity index is 2.28. The zero-order valence-electron chi connectivity index (χ0n) is 10.7. The molecule has 20 heavy (non-hydrogen) atoms. The molecule has 0 saturated heterocycles. The number of anilines is 2. The Morgan fingerprint density at radius 3 is 2.55 bits per heavy atom. The lowest BCUT2D eigenvalue weighted by Crippen LogP contribution is -2.18. The van der Waals surface area contributed by atoms with Crippen LogP contribution in [0.2, 0.25) is 0 Å². The summed E-state index contributed by atoms with van der Waals surface area (Å²) >= 11 is 0. The maximum absolute atomic E-state index is 13.5. The molecule has 4 N–H and O–H groups in total. The first kappa shape index (κ1) is 14.0. The lowest BCUT2D eigenvalue weighted by molar-refractivity contribution is 0.102. The summed E-state index contributed by atoms with van der Waals surface area (Å²) in [5, 5.41) is 2.56. The average Bonchev–Trinajstić information content (AvgIpc) is 2.42. The number of hydrogen-bond acceptors (Lipinski definition) is 3. The lowest BCUT2D eigenvalue weighted by Gasteiger charge is -2.11. The molecule has 4 nitrogen and oxygen atoms in total. The van der Waals surface area contributed by atoms with Gasteiger partial charge >= 0.3 is 0 Å². The van der Waals surface area contributed by atoms with Gasteiger partial charge in [0, 0.05) is 5.69 Å². The van der Waals surface area contributed by atoms with Crippen molar-refractivity contribution in [2.24, 2.45) is 5.84 Å². The number of rotatable bonds is 3. The predicted molar refractivity (Wildman–Crippen MR) is 73.3 cm³/mol. The summed E-state index contributed by atoms with van der Waals surface area (Å²) in [6.07, 6.45) is 0. The Labute approximate surface area is 114 Å². The van der Waals surface area contributed by atoms with E-state index in [4.69, 9.17) is 5.84 Å². The zero-order valence-corrected chi connectivity index (χ0v) is 10.7. The van der Waals surface area contributed by atoms with Crippen molar-refractivity contribution in [2.45, 2.75) is 6.92 Å². The molecular formula is C14H13F2N3O. The van der Waals surface area contributed by atoms with Crippen LogP contribution >= 0.6 is 0 Å². The van der Waals surface area contributed by atoms with E-state index >= 15 is 0 Å². The summed E-state index contributed by atoms with van der Waals surface area (Å²) in [6.45, 7) is 1.58. The van der Waals surface area contributed by atoms with E-state index in [9.17, 15) is 13.6 Å². The fourth-order valence-corrected chi connectivity index (χ4v) is 1.78. The first-order valence-corrected chi connectivity index (χ1v) is 5.85. The van der Waals surface area contributed by atoms with Crippen LogP contribution in [-0.2, 0) is 0 Å².